The van der Waals surface area contributed by atoms with Crippen molar-refractivity contribution in [2.45, 2.75) is 32.4 Å². The van der Waals surface area contributed by atoms with Gasteiger partial charge in [0.25, 0.3) is 0 Å². The Hall–Kier alpha value is -1.59. The molecule has 2 aliphatic rings. The predicted molar refractivity (Wildman–Crippen MR) is 95.6 cm³/mol. The second-order valence-electron chi connectivity index (χ2n) is 6.84. The van der Waals surface area contributed by atoms with Crippen molar-refractivity contribution in [3.8, 4) is 0 Å². The van der Waals surface area contributed by atoms with Crippen molar-refractivity contribution >= 4 is 24.2 Å². The van der Waals surface area contributed by atoms with E-state index in [0.717, 1.165) is 18.5 Å². The molecule has 0 aliphatic carbocycles. The summed E-state index contributed by atoms with van der Waals surface area (Å²) in [5.41, 5.74) is 6.85. The number of likely N-dealkylation sites (tertiary alicyclic amines) is 2. The van der Waals surface area contributed by atoms with Gasteiger partial charge in [0.15, 0.2) is 0 Å². The highest BCUT2D eigenvalue weighted by Crippen LogP contribution is 2.28. The van der Waals surface area contributed by atoms with Gasteiger partial charge in [0.05, 0.1) is 5.92 Å². The van der Waals surface area contributed by atoms with Crippen LogP contribution in [-0.2, 0) is 16.1 Å². The monoisotopic (exact) mass is 351 g/mol. The second kappa shape index (κ2) is 7.99. The molecule has 3 atom stereocenters. The van der Waals surface area contributed by atoms with Crippen molar-refractivity contribution in [3.63, 3.8) is 0 Å². The van der Waals surface area contributed by atoms with Gasteiger partial charge in [-0.2, -0.15) is 0 Å². The van der Waals surface area contributed by atoms with Crippen LogP contribution in [0.25, 0.3) is 0 Å². The van der Waals surface area contributed by atoms with Crippen LogP contribution in [0.15, 0.2) is 30.3 Å². The molecule has 5 nitrogen and oxygen atoms in total. The van der Waals surface area contributed by atoms with Crippen molar-refractivity contribution < 1.29 is 9.59 Å². The first-order valence-electron chi connectivity index (χ1n) is 8.40. The van der Waals surface area contributed by atoms with Gasteiger partial charge in [-0.1, -0.05) is 30.3 Å². The smallest absolute Gasteiger partial charge is 0.228 e. The molecule has 1 aromatic rings. The molecule has 1 aromatic carbocycles. The minimum atomic E-state index is -0.204. The van der Waals surface area contributed by atoms with E-state index in [1.54, 1.807) is 4.90 Å². The third-order valence-electron chi connectivity index (χ3n) is 5.06. The fourth-order valence-electron chi connectivity index (χ4n) is 3.75. The molecule has 0 aromatic heterocycles. The highest BCUT2D eigenvalue weighted by atomic mass is 35.5. The highest BCUT2D eigenvalue weighted by Gasteiger charge is 2.40. The molecule has 2 saturated heterocycles. The van der Waals surface area contributed by atoms with Gasteiger partial charge in [0.1, 0.15) is 0 Å². The van der Waals surface area contributed by atoms with E-state index in [4.69, 9.17) is 5.73 Å². The lowest BCUT2D eigenvalue weighted by Gasteiger charge is -2.25. The molecule has 0 saturated carbocycles. The van der Waals surface area contributed by atoms with Gasteiger partial charge >= 0.3 is 0 Å². The summed E-state index contributed by atoms with van der Waals surface area (Å²) in [6, 6.07) is 10.2. The topological polar surface area (TPSA) is 66.6 Å². The van der Waals surface area contributed by atoms with Crippen molar-refractivity contribution in [2.75, 3.05) is 19.6 Å². The number of hydrogen-bond acceptors (Lipinski definition) is 3. The summed E-state index contributed by atoms with van der Waals surface area (Å²) in [7, 11) is 0. The van der Waals surface area contributed by atoms with Crippen LogP contribution in [0.4, 0.5) is 0 Å². The van der Waals surface area contributed by atoms with Gasteiger partial charge in [-0.15, -0.1) is 12.4 Å². The zero-order valence-corrected chi connectivity index (χ0v) is 14.9. The molecule has 2 fully saturated rings. The first kappa shape index (κ1) is 18.7. The van der Waals surface area contributed by atoms with Gasteiger partial charge < -0.3 is 15.5 Å². The Labute approximate surface area is 149 Å². The lowest BCUT2D eigenvalue weighted by atomic mass is 10.1. The summed E-state index contributed by atoms with van der Waals surface area (Å²) in [4.78, 5) is 28.8. The average molecular weight is 352 g/mol. The number of nitrogens with two attached hydrogens (primary N) is 1. The van der Waals surface area contributed by atoms with Gasteiger partial charge in [-0.05, 0) is 31.4 Å². The number of carbonyl (C=O) groups excluding carboxylic acids is 2. The van der Waals surface area contributed by atoms with Crippen LogP contribution in [0.1, 0.15) is 25.3 Å². The molecule has 24 heavy (non-hydrogen) atoms. The van der Waals surface area contributed by atoms with E-state index in [1.165, 1.54) is 0 Å². The van der Waals surface area contributed by atoms with E-state index >= 15 is 0 Å². The van der Waals surface area contributed by atoms with Crippen LogP contribution in [-0.4, -0.2) is 47.3 Å². The molecule has 2 aliphatic heterocycles. The fourth-order valence-corrected chi connectivity index (χ4v) is 3.75. The Bertz CT molecular complexity index is 581. The summed E-state index contributed by atoms with van der Waals surface area (Å²) in [6.07, 6.45) is 1.30. The number of rotatable bonds is 4. The van der Waals surface area contributed by atoms with E-state index < -0.39 is 0 Å². The van der Waals surface area contributed by atoms with Crippen LogP contribution in [0.3, 0.4) is 0 Å². The van der Waals surface area contributed by atoms with Crippen LogP contribution >= 0.6 is 12.4 Å². The third-order valence-corrected chi connectivity index (χ3v) is 5.06. The van der Waals surface area contributed by atoms with Gasteiger partial charge in [-0.25, -0.2) is 0 Å². The van der Waals surface area contributed by atoms with Crippen LogP contribution in [0, 0.1) is 11.8 Å². The number of amides is 2. The molecular formula is C18H26ClN3O2. The van der Waals surface area contributed by atoms with E-state index in [2.05, 4.69) is 6.92 Å². The van der Waals surface area contributed by atoms with Crippen molar-refractivity contribution in [2.24, 2.45) is 17.6 Å². The van der Waals surface area contributed by atoms with Crippen molar-refractivity contribution in [3.05, 3.63) is 35.9 Å². The standard InChI is InChI=1S/C18H25N3O2.ClH/c1-13-7-15(9-19)11-21(13)18(23)16-8-17(22)20(12-16)10-14-5-3-2-4-6-14;/h2-6,13,15-16H,7-12,19H2,1H3;1H. The molecule has 3 unspecified atom stereocenters. The molecule has 0 radical (unpaired) electrons. The van der Waals surface area contributed by atoms with Gasteiger partial charge in [-0.3, -0.25) is 9.59 Å². The third kappa shape index (κ3) is 3.90. The zero-order chi connectivity index (χ0) is 16.4. The lowest BCUT2D eigenvalue weighted by Crippen LogP contribution is -2.39. The average Bonchev–Trinajstić information content (AvgIpc) is 3.11. The number of hydrogen-bond donors (Lipinski definition) is 1. The first-order valence-corrected chi connectivity index (χ1v) is 8.40. The summed E-state index contributed by atoms with van der Waals surface area (Å²) in [6.45, 7) is 4.55. The maximum atomic E-state index is 12.8. The normalized spacial score (nSPS) is 26.6. The summed E-state index contributed by atoms with van der Waals surface area (Å²) < 4.78 is 0. The Morgan fingerprint density at radius 3 is 2.58 bits per heavy atom. The van der Waals surface area contributed by atoms with E-state index in [-0.39, 0.29) is 36.2 Å². The van der Waals surface area contributed by atoms with Gasteiger partial charge in [0, 0.05) is 32.1 Å². The molecule has 0 spiro atoms. The SMILES string of the molecule is CC1CC(CN)CN1C(=O)C1CC(=O)N(Cc2ccccc2)C1.Cl. The molecule has 132 valence electrons. The predicted octanol–water partition coefficient (Wildman–Crippen LogP) is 1.65. The second-order valence-corrected chi connectivity index (χ2v) is 6.84. The Balaban J connectivity index is 0.00000208. The minimum Gasteiger partial charge on any atom is -0.339 e. The van der Waals surface area contributed by atoms with Crippen LogP contribution in [0.5, 0.6) is 0 Å². The quantitative estimate of drug-likeness (QED) is 0.897. The van der Waals surface area contributed by atoms with E-state index in [9.17, 15) is 9.59 Å². The van der Waals surface area contributed by atoms with Crippen LogP contribution in [0.2, 0.25) is 0 Å². The molecule has 2 heterocycles. The number of nitrogens with zero attached hydrogens (tertiary/aromatic N) is 2. The van der Waals surface area contributed by atoms with Gasteiger partial charge in [0.2, 0.25) is 11.8 Å². The Morgan fingerprint density at radius 1 is 1.25 bits per heavy atom. The highest BCUT2D eigenvalue weighted by molar-refractivity contribution is 5.89. The maximum Gasteiger partial charge on any atom is 0.228 e. The number of carbonyl (C=O) groups is 2. The first-order chi connectivity index (χ1) is 11.1. The Morgan fingerprint density at radius 2 is 1.96 bits per heavy atom. The minimum absolute atomic E-state index is 0. The summed E-state index contributed by atoms with van der Waals surface area (Å²) in [5.74, 6) is 0.392. The van der Waals surface area contributed by atoms with E-state index in [0.29, 0.717) is 32.0 Å². The van der Waals surface area contributed by atoms with Crippen molar-refractivity contribution in [1.29, 1.82) is 0 Å². The largest absolute Gasteiger partial charge is 0.339 e. The van der Waals surface area contributed by atoms with Crippen molar-refractivity contribution in [1.82, 2.24) is 9.80 Å². The molecule has 2 N–H and O–H groups in total. The molecular weight excluding hydrogens is 326 g/mol. The lowest BCUT2D eigenvalue weighted by molar-refractivity contribution is -0.136. The fraction of sp³-hybridized carbons (Fsp3) is 0.556. The summed E-state index contributed by atoms with van der Waals surface area (Å²) >= 11 is 0. The number of halogens is 1. The number of benzene rings is 1. The van der Waals surface area contributed by atoms with E-state index in [1.807, 2.05) is 35.2 Å². The molecule has 0 bridgehead atoms. The molecule has 2 amide bonds. The van der Waals surface area contributed by atoms with Crippen LogP contribution < -0.4 is 5.73 Å². The molecule has 3 rings (SSSR count). The maximum absolute atomic E-state index is 12.8. The Kier molecular flexibility index (Phi) is 6.24. The summed E-state index contributed by atoms with van der Waals surface area (Å²) in [5, 5.41) is 0. The molecule has 6 heteroatoms. The zero-order valence-electron chi connectivity index (χ0n) is 14.1.